The Hall–Kier alpha value is -6.79. The predicted molar refractivity (Wildman–Crippen MR) is 392 cm³/mol. The van der Waals surface area contributed by atoms with Crippen LogP contribution in [0.5, 0.6) is 0 Å². The second-order valence-electron chi connectivity index (χ2n) is 31.5. The Morgan fingerprint density at radius 3 is 0.700 bits per heavy atom. The van der Waals surface area contributed by atoms with Crippen LogP contribution in [-0.2, 0) is 85.2 Å². The highest BCUT2D eigenvalue weighted by Crippen LogP contribution is 2.32. The van der Waals surface area contributed by atoms with Crippen molar-refractivity contribution in [3.63, 3.8) is 0 Å². The molecule has 560 valence electrons. The van der Waals surface area contributed by atoms with Gasteiger partial charge in [0.2, 0.25) is 0 Å². The molecule has 19 nitrogen and oxygen atoms in total. The van der Waals surface area contributed by atoms with E-state index < -0.39 is 45.9 Å². The largest absolute Gasteiger partial charge is 0.386 e. The van der Waals surface area contributed by atoms with Crippen LogP contribution in [0.3, 0.4) is 0 Å². The molecule has 0 aromatic heterocycles. The first-order valence-electron chi connectivity index (χ1n) is 33.6. The molecule has 0 amide bonds. The SMILES string of the molecule is CC(C)(C)OO.CC(C)(C)OOC(=O)c1ccccc1.CC(C)(C)OOC(C)(C)CCC(C)(C)OOC(C)(C)C.CC(C)(OO)c1ccccc1.CC(C)(OOC(C)(C)c1ccccc1)c1ccccc1.CCC(C)(C)OOC(C)(C)C.O=C(OOC(=O)c1ccccc1)c1ccccc1. The summed E-state index contributed by atoms with van der Waals surface area (Å²) in [7, 11) is 0. The fraction of sp³-hybridized carbons (Fsp3) is 0.519. The zero-order valence-corrected chi connectivity index (χ0v) is 65.3. The molecule has 0 aliphatic rings. The highest BCUT2D eigenvalue weighted by Gasteiger charge is 2.32. The van der Waals surface area contributed by atoms with Gasteiger partial charge in [0.15, 0.2) is 0 Å². The number of carbonyl (C=O) groups is 3. The lowest BCUT2D eigenvalue weighted by Crippen LogP contribution is -2.35. The lowest BCUT2D eigenvalue weighted by molar-refractivity contribution is -0.410. The molecule has 6 aromatic carbocycles. The Kier molecular flexibility index (Phi) is 40.3. The van der Waals surface area contributed by atoms with E-state index in [9.17, 15) is 14.4 Å². The van der Waals surface area contributed by atoms with Crippen LogP contribution in [0.15, 0.2) is 182 Å². The van der Waals surface area contributed by atoms with Crippen LogP contribution in [-0.4, -0.2) is 73.2 Å². The van der Waals surface area contributed by atoms with E-state index in [-0.39, 0.29) is 33.6 Å². The molecule has 0 aliphatic heterocycles. The molecule has 100 heavy (non-hydrogen) atoms. The van der Waals surface area contributed by atoms with Crippen molar-refractivity contribution in [2.75, 3.05) is 0 Å². The Morgan fingerprint density at radius 1 is 0.260 bits per heavy atom. The number of hydrogen-bond donors (Lipinski definition) is 2. The van der Waals surface area contributed by atoms with Crippen LogP contribution >= 0.6 is 0 Å². The number of carbonyl (C=O) groups excluding carboxylic acids is 3. The molecule has 0 unspecified atom stereocenters. The highest BCUT2D eigenvalue weighted by atomic mass is 17.2. The van der Waals surface area contributed by atoms with E-state index >= 15 is 0 Å². The zero-order chi connectivity index (χ0) is 76.9. The van der Waals surface area contributed by atoms with E-state index in [2.05, 4.69) is 31.4 Å². The van der Waals surface area contributed by atoms with Crippen molar-refractivity contribution in [2.45, 2.75) is 275 Å². The molecule has 0 aliphatic carbocycles. The van der Waals surface area contributed by atoms with Crippen molar-refractivity contribution < 1.29 is 93.3 Å². The summed E-state index contributed by atoms with van der Waals surface area (Å²) in [6.45, 7) is 54.2. The summed E-state index contributed by atoms with van der Waals surface area (Å²) < 4.78 is 0. The maximum atomic E-state index is 11.5. The first kappa shape index (κ1) is 93.2. The standard InChI is InChI=1S/C18H22O2.C16H34O4.C14H10O4.C11H14O3.C9H12O2.C9H20O2.C4H10O2/c1-17(2,15-11-7-5-8-12-15)19-20-18(3,4)16-13-9-6-10-14-16;1-13(2,3)17-19-15(7,8)11-12-16(9,10)20-18-14(4,5)6;15-13(11-7-3-1-4-8-11)17-18-14(16)12-9-5-2-6-10-12;1-11(2,3)14-13-10(12)9-7-5-4-6-8-9;1-9(2,11-10)8-6-4-3-5-7-8;1-7-9(5,6)11-10-8(2,3)4;1-4(2,3)6-5/h5-14H,1-4H3;11-12H2,1-10H3;1-10H;4-8H,1-3H3;3-7,10H,1-2H3;7H2,1-6H3;5H,1-3H3. The quantitative estimate of drug-likeness (QED) is 0.0505. The second kappa shape index (κ2) is 43.2. The molecule has 0 heterocycles. The molecule has 0 bridgehead atoms. The molecule has 0 atom stereocenters. The van der Waals surface area contributed by atoms with Gasteiger partial charge in [0.1, 0.15) is 22.4 Å². The first-order valence-corrected chi connectivity index (χ1v) is 33.6. The summed E-state index contributed by atoms with van der Waals surface area (Å²) in [6, 6.07) is 55.0. The molecule has 0 spiro atoms. The van der Waals surface area contributed by atoms with Gasteiger partial charge in [0.25, 0.3) is 0 Å². The minimum absolute atomic E-state index is 0.173. The molecule has 2 N–H and O–H groups in total. The van der Waals surface area contributed by atoms with Gasteiger partial charge < -0.3 is 0 Å². The maximum absolute atomic E-state index is 11.5. The van der Waals surface area contributed by atoms with Gasteiger partial charge in [-0.05, 0) is 259 Å². The van der Waals surface area contributed by atoms with Gasteiger partial charge in [-0.15, -0.1) is 0 Å². The van der Waals surface area contributed by atoms with Gasteiger partial charge in [0.05, 0.1) is 55.9 Å². The third kappa shape index (κ3) is 46.6. The fourth-order valence-electron chi connectivity index (χ4n) is 6.44. The van der Waals surface area contributed by atoms with Gasteiger partial charge >= 0.3 is 17.9 Å². The number of rotatable bonds is 21. The summed E-state index contributed by atoms with van der Waals surface area (Å²) in [5.41, 5.74) is 0.0397. The Balaban J connectivity index is 0.00000117. The topological polar surface area (TPSA) is 221 Å². The average Bonchev–Trinajstić information content (AvgIpc) is 0.816. The smallest absolute Gasteiger partial charge is 0.292 e. The summed E-state index contributed by atoms with van der Waals surface area (Å²) in [5.74, 6) is -1.89. The molecule has 6 aromatic rings. The zero-order valence-electron chi connectivity index (χ0n) is 65.3. The van der Waals surface area contributed by atoms with Crippen molar-refractivity contribution in [2.24, 2.45) is 0 Å². The van der Waals surface area contributed by atoms with E-state index in [1.54, 1.807) is 106 Å². The Morgan fingerprint density at radius 2 is 0.480 bits per heavy atom. The van der Waals surface area contributed by atoms with Crippen molar-refractivity contribution in [3.8, 4) is 0 Å². The monoisotopic (exact) mass is 1400 g/mol. The summed E-state index contributed by atoms with van der Waals surface area (Å²) in [6.07, 6.45) is 2.57. The summed E-state index contributed by atoms with van der Waals surface area (Å²) in [5, 5.41) is 16.5. The predicted octanol–water partition coefficient (Wildman–Crippen LogP) is 21.4. The van der Waals surface area contributed by atoms with Crippen LogP contribution in [0.2, 0.25) is 0 Å². The minimum atomic E-state index is -0.708. The molecule has 19 heteroatoms. The van der Waals surface area contributed by atoms with Gasteiger partial charge in [-0.25, -0.2) is 73.0 Å². The summed E-state index contributed by atoms with van der Waals surface area (Å²) in [4.78, 5) is 105. The van der Waals surface area contributed by atoms with Crippen LogP contribution < -0.4 is 0 Å². The lowest BCUT2D eigenvalue weighted by Gasteiger charge is -2.33. The molecule has 0 saturated carbocycles. The normalized spacial score (nSPS) is 12.2. The Bertz CT molecular complexity index is 2990. The van der Waals surface area contributed by atoms with E-state index in [0.717, 1.165) is 36.0 Å². The third-order valence-electron chi connectivity index (χ3n) is 12.7. The van der Waals surface area contributed by atoms with Crippen LogP contribution in [0, 0.1) is 0 Å². The van der Waals surface area contributed by atoms with E-state index in [4.69, 9.17) is 54.5 Å². The third-order valence-corrected chi connectivity index (χ3v) is 12.7. The minimum Gasteiger partial charge on any atom is -0.292 e. The molecule has 0 radical (unpaired) electrons. The Labute approximate surface area is 598 Å². The fourth-order valence-corrected chi connectivity index (χ4v) is 6.44. The molecule has 6 rings (SSSR count). The summed E-state index contributed by atoms with van der Waals surface area (Å²) >= 11 is 0. The van der Waals surface area contributed by atoms with Crippen LogP contribution in [0.1, 0.15) is 261 Å². The lowest BCUT2D eigenvalue weighted by atomic mass is 9.94. The van der Waals surface area contributed by atoms with Gasteiger partial charge in [-0.2, -0.15) is 4.89 Å². The van der Waals surface area contributed by atoms with Crippen LogP contribution in [0.4, 0.5) is 0 Å². The molecule has 0 fully saturated rings. The van der Waals surface area contributed by atoms with Crippen molar-refractivity contribution in [1.82, 2.24) is 0 Å². The molecule has 0 saturated heterocycles. The number of hydrogen-bond acceptors (Lipinski definition) is 19. The highest BCUT2D eigenvalue weighted by molar-refractivity contribution is 5.92. The van der Waals surface area contributed by atoms with Gasteiger partial charge in [-0.3, -0.25) is 15.4 Å². The molecular weight excluding hydrogens is 1280 g/mol. The number of benzene rings is 6. The van der Waals surface area contributed by atoms with Gasteiger partial charge in [-0.1, -0.05) is 153 Å². The van der Waals surface area contributed by atoms with Crippen molar-refractivity contribution in [1.29, 1.82) is 0 Å². The van der Waals surface area contributed by atoms with Crippen molar-refractivity contribution in [3.05, 3.63) is 215 Å². The van der Waals surface area contributed by atoms with Crippen molar-refractivity contribution >= 4 is 17.9 Å². The van der Waals surface area contributed by atoms with E-state index in [0.29, 0.717) is 16.7 Å². The molecular formula is C81H122O19. The second-order valence-corrected chi connectivity index (χ2v) is 31.5. The van der Waals surface area contributed by atoms with E-state index in [1.165, 1.54) is 0 Å². The van der Waals surface area contributed by atoms with Crippen LogP contribution in [0.25, 0.3) is 0 Å². The maximum Gasteiger partial charge on any atom is 0.386 e. The van der Waals surface area contributed by atoms with E-state index in [1.807, 2.05) is 263 Å². The first-order chi connectivity index (χ1) is 45.8. The van der Waals surface area contributed by atoms with Gasteiger partial charge in [0, 0.05) is 0 Å². The average molecular weight is 1400 g/mol.